The third-order valence-corrected chi connectivity index (χ3v) is 2.94. The first kappa shape index (κ1) is 11.3. The van der Waals surface area contributed by atoms with Gasteiger partial charge < -0.3 is 5.11 Å². The van der Waals surface area contributed by atoms with Crippen molar-refractivity contribution in [1.82, 2.24) is 0 Å². The normalized spacial score (nSPS) is 11.4. The van der Waals surface area contributed by atoms with Gasteiger partial charge in [-0.05, 0) is 13.2 Å². The minimum Gasteiger partial charge on any atom is -0.507 e. The van der Waals surface area contributed by atoms with Crippen LogP contribution in [0.1, 0.15) is 11.1 Å². The molecule has 1 nitrogen and oxygen atoms in total. The van der Waals surface area contributed by atoms with E-state index in [0.717, 1.165) is 5.56 Å². The van der Waals surface area contributed by atoms with Gasteiger partial charge in [-0.25, -0.2) is 0 Å². The van der Waals surface area contributed by atoms with Crippen LogP contribution in [-0.2, 0) is 0 Å². The number of thioether (sulfide) groups is 1. The SMILES string of the molecule is CSC(=S)C=C(O)c1ccc(C)cc1. The van der Waals surface area contributed by atoms with Crippen molar-refractivity contribution in [2.75, 3.05) is 6.26 Å². The van der Waals surface area contributed by atoms with Crippen molar-refractivity contribution in [3.8, 4) is 0 Å². The van der Waals surface area contributed by atoms with Crippen LogP contribution in [0.4, 0.5) is 0 Å². The Balaban J connectivity index is 2.89. The first-order valence-electron chi connectivity index (χ1n) is 4.19. The van der Waals surface area contributed by atoms with Gasteiger partial charge in [-0.1, -0.05) is 42.0 Å². The second-order valence-electron chi connectivity index (χ2n) is 2.92. The number of hydrogen-bond acceptors (Lipinski definition) is 3. The van der Waals surface area contributed by atoms with Gasteiger partial charge in [-0.3, -0.25) is 0 Å². The van der Waals surface area contributed by atoms with Crippen molar-refractivity contribution in [2.24, 2.45) is 0 Å². The molecule has 14 heavy (non-hydrogen) atoms. The smallest absolute Gasteiger partial charge is 0.124 e. The molecule has 3 heteroatoms. The zero-order chi connectivity index (χ0) is 10.6. The monoisotopic (exact) mass is 224 g/mol. The Bertz CT molecular complexity index is 352. The molecule has 0 radical (unpaired) electrons. The van der Waals surface area contributed by atoms with Gasteiger partial charge in [-0.2, -0.15) is 0 Å². The van der Waals surface area contributed by atoms with E-state index < -0.39 is 0 Å². The predicted molar refractivity (Wildman–Crippen MR) is 67.9 cm³/mol. The Hall–Kier alpha value is -0.800. The molecule has 0 saturated carbocycles. The molecule has 0 atom stereocenters. The highest BCUT2D eigenvalue weighted by Crippen LogP contribution is 2.14. The maximum Gasteiger partial charge on any atom is 0.124 e. The topological polar surface area (TPSA) is 20.2 Å². The van der Waals surface area contributed by atoms with Crippen LogP contribution in [0.5, 0.6) is 0 Å². The fraction of sp³-hybridized carbons (Fsp3) is 0.182. The van der Waals surface area contributed by atoms with Crippen LogP contribution in [0.2, 0.25) is 0 Å². The minimum atomic E-state index is 0.226. The number of thiocarbonyl (C=S) groups is 1. The molecule has 1 rings (SSSR count). The summed E-state index contributed by atoms with van der Waals surface area (Å²) in [5, 5.41) is 9.67. The number of rotatable bonds is 2. The number of aliphatic hydroxyl groups excluding tert-OH is 1. The minimum absolute atomic E-state index is 0.226. The molecule has 0 fully saturated rings. The predicted octanol–water partition coefficient (Wildman–Crippen LogP) is 3.58. The number of hydrogen-bond donors (Lipinski definition) is 1. The average molecular weight is 224 g/mol. The lowest BCUT2D eigenvalue weighted by Gasteiger charge is -2.00. The lowest BCUT2D eigenvalue weighted by atomic mass is 10.1. The first-order chi connectivity index (χ1) is 6.63. The summed E-state index contributed by atoms with van der Waals surface area (Å²) < 4.78 is 0.683. The molecule has 0 aliphatic heterocycles. The molecule has 74 valence electrons. The summed E-state index contributed by atoms with van der Waals surface area (Å²) in [6.07, 6.45) is 3.49. The van der Waals surface area contributed by atoms with Crippen molar-refractivity contribution in [3.05, 3.63) is 41.5 Å². The van der Waals surface area contributed by atoms with E-state index in [1.54, 1.807) is 6.08 Å². The first-order valence-corrected chi connectivity index (χ1v) is 5.82. The van der Waals surface area contributed by atoms with E-state index in [1.165, 1.54) is 17.3 Å². The summed E-state index contributed by atoms with van der Waals surface area (Å²) in [6.45, 7) is 2.01. The van der Waals surface area contributed by atoms with Crippen molar-refractivity contribution >= 4 is 33.9 Å². The van der Waals surface area contributed by atoms with Crippen LogP contribution in [0.15, 0.2) is 30.3 Å². The Morgan fingerprint density at radius 2 is 1.93 bits per heavy atom. The van der Waals surface area contributed by atoms with Crippen molar-refractivity contribution in [1.29, 1.82) is 0 Å². The van der Waals surface area contributed by atoms with E-state index >= 15 is 0 Å². The maximum absolute atomic E-state index is 9.67. The molecule has 1 N–H and O–H groups in total. The van der Waals surface area contributed by atoms with Crippen LogP contribution in [0, 0.1) is 6.92 Å². The summed E-state index contributed by atoms with van der Waals surface area (Å²) in [5.41, 5.74) is 1.97. The molecule has 0 bridgehead atoms. The molecule has 0 heterocycles. The molecule has 0 aliphatic carbocycles. The summed E-state index contributed by atoms with van der Waals surface area (Å²) in [4.78, 5) is 0. The molecule has 0 spiro atoms. The molecular weight excluding hydrogens is 212 g/mol. The second kappa shape index (κ2) is 5.17. The van der Waals surface area contributed by atoms with E-state index in [9.17, 15) is 5.11 Å². The highest BCUT2D eigenvalue weighted by Gasteiger charge is 1.99. The summed E-state index contributed by atoms with van der Waals surface area (Å²) in [5.74, 6) is 0.226. The molecular formula is C11H12OS2. The highest BCUT2D eigenvalue weighted by atomic mass is 32.2. The van der Waals surface area contributed by atoms with Crippen molar-refractivity contribution in [2.45, 2.75) is 6.92 Å². The van der Waals surface area contributed by atoms with Gasteiger partial charge in [0.25, 0.3) is 0 Å². The summed E-state index contributed by atoms with van der Waals surface area (Å²) >= 11 is 6.43. The molecule has 0 amide bonds. The maximum atomic E-state index is 9.67. The lowest BCUT2D eigenvalue weighted by Crippen LogP contribution is -1.87. The number of aliphatic hydroxyl groups is 1. The van der Waals surface area contributed by atoms with Gasteiger partial charge in [0, 0.05) is 11.6 Å². The standard InChI is InChI=1S/C11H12OS2/c1-8-3-5-9(6-4-8)10(12)7-11(13)14-2/h3-7,12H,1-2H3. The molecule has 0 saturated heterocycles. The van der Waals surface area contributed by atoms with Crippen LogP contribution in [0.25, 0.3) is 5.76 Å². The van der Waals surface area contributed by atoms with E-state index in [0.29, 0.717) is 4.20 Å². The van der Waals surface area contributed by atoms with E-state index in [2.05, 4.69) is 0 Å². The third kappa shape index (κ3) is 3.16. The lowest BCUT2D eigenvalue weighted by molar-refractivity contribution is 0.512. The second-order valence-corrected chi connectivity index (χ2v) is 4.47. The molecule has 0 unspecified atom stereocenters. The van der Waals surface area contributed by atoms with Gasteiger partial charge >= 0.3 is 0 Å². The third-order valence-electron chi connectivity index (χ3n) is 1.80. The van der Waals surface area contributed by atoms with Crippen LogP contribution in [-0.4, -0.2) is 15.6 Å². The fourth-order valence-electron chi connectivity index (χ4n) is 0.978. The van der Waals surface area contributed by atoms with Crippen molar-refractivity contribution in [3.63, 3.8) is 0 Å². The van der Waals surface area contributed by atoms with Gasteiger partial charge in [0.2, 0.25) is 0 Å². The fourth-order valence-corrected chi connectivity index (χ4v) is 1.32. The van der Waals surface area contributed by atoms with Crippen LogP contribution < -0.4 is 0 Å². The summed E-state index contributed by atoms with van der Waals surface area (Å²) in [7, 11) is 0. The summed E-state index contributed by atoms with van der Waals surface area (Å²) in [6, 6.07) is 7.68. The Morgan fingerprint density at radius 3 is 2.43 bits per heavy atom. The van der Waals surface area contributed by atoms with E-state index in [4.69, 9.17) is 12.2 Å². The van der Waals surface area contributed by atoms with Crippen molar-refractivity contribution < 1.29 is 5.11 Å². The zero-order valence-electron chi connectivity index (χ0n) is 8.15. The highest BCUT2D eigenvalue weighted by molar-refractivity contribution is 8.23. The Morgan fingerprint density at radius 1 is 1.36 bits per heavy atom. The Kier molecular flexibility index (Phi) is 4.17. The van der Waals surface area contributed by atoms with E-state index in [-0.39, 0.29) is 5.76 Å². The quantitative estimate of drug-likeness (QED) is 0.471. The molecule has 1 aromatic carbocycles. The number of benzene rings is 1. The van der Waals surface area contributed by atoms with Crippen LogP contribution >= 0.6 is 24.0 Å². The molecule has 1 aromatic rings. The van der Waals surface area contributed by atoms with Gasteiger partial charge in [0.15, 0.2) is 0 Å². The van der Waals surface area contributed by atoms with E-state index in [1.807, 2.05) is 37.4 Å². The van der Waals surface area contributed by atoms with Crippen LogP contribution in [0.3, 0.4) is 0 Å². The molecule has 0 aliphatic rings. The largest absolute Gasteiger partial charge is 0.507 e. The Labute approximate surface area is 93.8 Å². The van der Waals surface area contributed by atoms with Gasteiger partial charge in [0.1, 0.15) is 5.76 Å². The average Bonchev–Trinajstić information content (AvgIpc) is 2.18. The number of aryl methyl sites for hydroxylation is 1. The molecule has 0 aromatic heterocycles. The van der Waals surface area contributed by atoms with Gasteiger partial charge in [0.05, 0.1) is 4.20 Å². The van der Waals surface area contributed by atoms with Gasteiger partial charge in [-0.15, -0.1) is 11.8 Å². The zero-order valence-corrected chi connectivity index (χ0v) is 9.78.